The van der Waals surface area contributed by atoms with E-state index in [4.69, 9.17) is 16.3 Å². The van der Waals surface area contributed by atoms with Gasteiger partial charge in [-0.2, -0.15) is 0 Å². The molecule has 0 aromatic heterocycles. The van der Waals surface area contributed by atoms with Gasteiger partial charge in [-0.25, -0.2) is 0 Å². The molecule has 0 aliphatic carbocycles. The Hall–Kier alpha value is -0.210. The first kappa shape index (κ1) is 13.9. The molecule has 0 amide bonds. The summed E-state index contributed by atoms with van der Waals surface area (Å²) in [5.74, 6) is 0.905. The Balaban J connectivity index is 2.72. The van der Waals surface area contributed by atoms with Crippen molar-refractivity contribution in [2.45, 2.75) is 37.4 Å². The molecule has 0 fully saturated rings. The van der Waals surface area contributed by atoms with Gasteiger partial charge in [-0.3, -0.25) is 0 Å². The summed E-state index contributed by atoms with van der Waals surface area (Å²) in [6.45, 7) is 2.21. The van der Waals surface area contributed by atoms with Crippen molar-refractivity contribution in [3.05, 3.63) is 28.8 Å². The Morgan fingerprint density at radius 1 is 1.38 bits per heavy atom. The summed E-state index contributed by atoms with van der Waals surface area (Å²) in [7, 11) is 1.69. The molecule has 0 saturated heterocycles. The summed E-state index contributed by atoms with van der Waals surface area (Å²) in [5.41, 5.74) is 1.14. The third-order valence-corrected chi connectivity index (χ3v) is 3.78. The Labute approximate surface area is 111 Å². The standard InChI is InChI=1S/C13H18BrClO/c1-3-4-5-6-12(14)11-9-10(15)7-8-13(11)16-2/h7-9,12H,3-6H2,1-2H3. The predicted octanol–water partition coefficient (Wildman–Crippen LogP) is 5.36. The number of hydrogen-bond acceptors (Lipinski definition) is 1. The molecule has 16 heavy (non-hydrogen) atoms. The van der Waals surface area contributed by atoms with Gasteiger partial charge in [-0.15, -0.1) is 0 Å². The fourth-order valence-electron chi connectivity index (χ4n) is 1.68. The van der Waals surface area contributed by atoms with Crippen LogP contribution in [-0.2, 0) is 0 Å². The Morgan fingerprint density at radius 3 is 2.75 bits per heavy atom. The predicted molar refractivity (Wildman–Crippen MR) is 73.8 cm³/mol. The van der Waals surface area contributed by atoms with E-state index in [1.165, 1.54) is 19.3 Å². The molecule has 0 radical (unpaired) electrons. The third-order valence-electron chi connectivity index (χ3n) is 2.59. The fraction of sp³-hybridized carbons (Fsp3) is 0.538. The maximum atomic E-state index is 6.00. The topological polar surface area (TPSA) is 9.23 Å². The van der Waals surface area contributed by atoms with E-state index >= 15 is 0 Å². The van der Waals surface area contributed by atoms with Gasteiger partial charge in [-0.05, 0) is 24.6 Å². The van der Waals surface area contributed by atoms with Crippen LogP contribution >= 0.6 is 27.5 Å². The third kappa shape index (κ3) is 3.99. The van der Waals surface area contributed by atoms with Crippen molar-refractivity contribution in [1.82, 2.24) is 0 Å². The quantitative estimate of drug-likeness (QED) is 0.507. The van der Waals surface area contributed by atoms with E-state index in [1.54, 1.807) is 7.11 Å². The molecule has 1 rings (SSSR count). The number of halogens is 2. The second-order valence-corrected chi connectivity index (χ2v) is 5.39. The van der Waals surface area contributed by atoms with Crippen LogP contribution in [-0.4, -0.2) is 7.11 Å². The van der Waals surface area contributed by atoms with E-state index in [9.17, 15) is 0 Å². The van der Waals surface area contributed by atoms with Crippen LogP contribution in [0.4, 0.5) is 0 Å². The van der Waals surface area contributed by atoms with Crippen molar-refractivity contribution < 1.29 is 4.74 Å². The monoisotopic (exact) mass is 304 g/mol. The van der Waals surface area contributed by atoms with Gasteiger partial charge in [0.05, 0.1) is 7.11 Å². The zero-order valence-corrected chi connectivity index (χ0v) is 12.1. The second kappa shape index (κ2) is 7.18. The average molecular weight is 306 g/mol. The summed E-state index contributed by atoms with van der Waals surface area (Å²) < 4.78 is 5.34. The first-order chi connectivity index (χ1) is 7.69. The molecule has 3 heteroatoms. The summed E-state index contributed by atoms with van der Waals surface area (Å²) >= 11 is 9.71. The van der Waals surface area contributed by atoms with E-state index in [-0.39, 0.29) is 0 Å². The fourth-order valence-corrected chi connectivity index (χ4v) is 2.54. The molecule has 1 unspecified atom stereocenters. The Morgan fingerprint density at radius 2 is 2.12 bits per heavy atom. The smallest absolute Gasteiger partial charge is 0.123 e. The van der Waals surface area contributed by atoms with Gasteiger partial charge >= 0.3 is 0 Å². The van der Waals surface area contributed by atoms with Crippen molar-refractivity contribution in [3.8, 4) is 5.75 Å². The number of benzene rings is 1. The van der Waals surface area contributed by atoms with E-state index in [0.717, 1.165) is 22.8 Å². The zero-order valence-electron chi connectivity index (χ0n) is 9.80. The SMILES string of the molecule is CCCCCC(Br)c1cc(Cl)ccc1OC. The number of rotatable bonds is 6. The van der Waals surface area contributed by atoms with Gasteiger partial charge in [0, 0.05) is 15.4 Å². The van der Waals surface area contributed by atoms with Crippen LogP contribution in [0.15, 0.2) is 18.2 Å². The minimum Gasteiger partial charge on any atom is -0.496 e. The molecular weight excluding hydrogens is 287 g/mol. The summed E-state index contributed by atoms with van der Waals surface area (Å²) in [6, 6.07) is 5.76. The van der Waals surface area contributed by atoms with Gasteiger partial charge in [0.2, 0.25) is 0 Å². The van der Waals surface area contributed by atoms with Gasteiger partial charge in [0.15, 0.2) is 0 Å². The first-order valence-electron chi connectivity index (χ1n) is 5.66. The molecular formula is C13H18BrClO. The number of ether oxygens (including phenoxy) is 1. The molecule has 0 spiro atoms. The van der Waals surface area contributed by atoms with E-state index in [1.807, 2.05) is 18.2 Å². The average Bonchev–Trinajstić information content (AvgIpc) is 2.29. The van der Waals surface area contributed by atoms with Gasteiger partial charge in [-0.1, -0.05) is 53.7 Å². The highest BCUT2D eigenvalue weighted by Gasteiger charge is 2.13. The van der Waals surface area contributed by atoms with Gasteiger partial charge in [0.1, 0.15) is 5.75 Å². The normalized spacial score (nSPS) is 12.5. The molecule has 1 aromatic carbocycles. The summed E-state index contributed by atoms with van der Waals surface area (Å²) in [6.07, 6.45) is 4.85. The largest absolute Gasteiger partial charge is 0.496 e. The lowest BCUT2D eigenvalue weighted by molar-refractivity contribution is 0.408. The van der Waals surface area contributed by atoms with E-state index in [2.05, 4.69) is 22.9 Å². The molecule has 1 nitrogen and oxygen atoms in total. The van der Waals surface area contributed by atoms with Crippen LogP contribution in [0.5, 0.6) is 5.75 Å². The molecule has 0 bridgehead atoms. The van der Waals surface area contributed by atoms with Crippen molar-refractivity contribution in [2.24, 2.45) is 0 Å². The van der Waals surface area contributed by atoms with Crippen molar-refractivity contribution in [3.63, 3.8) is 0 Å². The van der Waals surface area contributed by atoms with Crippen molar-refractivity contribution in [2.75, 3.05) is 7.11 Å². The van der Waals surface area contributed by atoms with E-state index in [0.29, 0.717) is 4.83 Å². The number of hydrogen-bond donors (Lipinski definition) is 0. The molecule has 0 heterocycles. The van der Waals surface area contributed by atoms with Crippen molar-refractivity contribution in [1.29, 1.82) is 0 Å². The molecule has 90 valence electrons. The van der Waals surface area contributed by atoms with Crippen molar-refractivity contribution >= 4 is 27.5 Å². The number of unbranched alkanes of at least 4 members (excludes halogenated alkanes) is 2. The molecule has 1 atom stereocenters. The molecule has 0 N–H and O–H groups in total. The molecule has 0 saturated carbocycles. The molecule has 1 aromatic rings. The Bertz CT molecular complexity index is 328. The van der Waals surface area contributed by atoms with Crippen LogP contribution < -0.4 is 4.74 Å². The number of alkyl halides is 1. The highest BCUT2D eigenvalue weighted by atomic mass is 79.9. The number of methoxy groups -OCH3 is 1. The van der Waals surface area contributed by atoms with Crippen LogP contribution in [0.3, 0.4) is 0 Å². The first-order valence-corrected chi connectivity index (χ1v) is 6.96. The van der Waals surface area contributed by atoms with Crippen LogP contribution in [0.25, 0.3) is 0 Å². The van der Waals surface area contributed by atoms with E-state index < -0.39 is 0 Å². The molecule has 0 aliphatic heterocycles. The lowest BCUT2D eigenvalue weighted by Crippen LogP contribution is -1.95. The van der Waals surface area contributed by atoms with Crippen LogP contribution in [0.1, 0.15) is 43.0 Å². The maximum Gasteiger partial charge on any atom is 0.123 e. The summed E-state index contributed by atoms with van der Waals surface area (Å²) in [4.78, 5) is 0.327. The summed E-state index contributed by atoms with van der Waals surface area (Å²) in [5, 5.41) is 0.760. The lowest BCUT2D eigenvalue weighted by atomic mass is 10.1. The van der Waals surface area contributed by atoms with Gasteiger partial charge < -0.3 is 4.74 Å². The minimum atomic E-state index is 0.327. The lowest BCUT2D eigenvalue weighted by Gasteiger charge is -2.14. The van der Waals surface area contributed by atoms with Crippen LogP contribution in [0.2, 0.25) is 5.02 Å². The van der Waals surface area contributed by atoms with Crippen LogP contribution in [0, 0.1) is 0 Å². The maximum absolute atomic E-state index is 6.00. The zero-order chi connectivity index (χ0) is 12.0. The minimum absolute atomic E-state index is 0.327. The Kier molecular flexibility index (Phi) is 6.22. The molecule has 0 aliphatic rings. The highest BCUT2D eigenvalue weighted by Crippen LogP contribution is 2.36. The second-order valence-electron chi connectivity index (χ2n) is 3.85. The highest BCUT2D eigenvalue weighted by molar-refractivity contribution is 9.09. The van der Waals surface area contributed by atoms with Gasteiger partial charge in [0.25, 0.3) is 0 Å².